The van der Waals surface area contributed by atoms with E-state index in [9.17, 15) is 29.6 Å². The number of hydrogen-bond donors (Lipinski definition) is 2. The van der Waals surface area contributed by atoms with Crippen molar-refractivity contribution in [3.05, 3.63) is 135 Å². The highest BCUT2D eigenvalue weighted by atomic mass is 16.6. The molecule has 50 heavy (non-hydrogen) atoms. The van der Waals surface area contributed by atoms with Gasteiger partial charge in [-0.15, -0.1) is 0 Å². The van der Waals surface area contributed by atoms with Crippen molar-refractivity contribution in [3.8, 4) is 0 Å². The number of furan rings is 1. The van der Waals surface area contributed by atoms with Gasteiger partial charge in [0.15, 0.2) is 0 Å². The molecule has 0 bridgehead atoms. The van der Waals surface area contributed by atoms with Gasteiger partial charge in [0.05, 0.1) is 40.0 Å². The lowest BCUT2D eigenvalue weighted by Crippen LogP contribution is -2.53. The predicted octanol–water partition coefficient (Wildman–Crippen LogP) is 5.18. The monoisotopic (exact) mass is 672 g/mol. The van der Waals surface area contributed by atoms with E-state index in [0.717, 1.165) is 21.0 Å². The van der Waals surface area contributed by atoms with Gasteiger partial charge in [0, 0.05) is 12.1 Å². The number of allylic oxidation sites excluding steroid dienone is 2. The molecule has 0 radical (unpaired) electrons. The number of hydrogen-bond acceptors (Lipinski definition) is 9. The summed E-state index contributed by atoms with van der Waals surface area (Å²) < 4.78 is 6.20. The minimum Gasteiger partial charge on any atom is -0.463 e. The minimum atomic E-state index is -1.49. The zero-order valence-corrected chi connectivity index (χ0v) is 26.9. The number of nitrogens with zero attached hydrogens (tertiary/aromatic N) is 3. The fourth-order valence-corrected chi connectivity index (χ4v) is 8.67. The summed E-state index contributed by atoms with van der Waals surface area (Å²) in [5, 5.41) is 22.3. The highest BCUT2D eigenvalue weighted by Crippen LogP contribution is 2.64. The van der Waals surface area contributed by atoms with Crippen molar-refractivity contribution in [1.29, 1.82) is 0 Å². The number of benzene rings is 3. The van der Waals surface area contributed by atoms with Crippen molar-refractivity contribution in [1.82, 2.24) is 5.01 Å². The van der Waals surface area contributed by atoms with Crippen LogP contribution in [0.15, 0.2) is 107 Å². The molecular weight excluding hydrogens is 640 g/mol. The average molecular weight is 673 g/mol. The third kappa shape index (κ3) is 4.48. The first-order valence-corrected chi connectivity index (χ1v) is 16.4. The number of anilines is 2. The number of rotatable bonds is 7. The molecule has 12 nitrogen and oxygen atoms in total. The number of carbonyl (C=O) groups excluding carboxylic acids is 4. The summed E-state index contributed by atoms with van der Waals surface area (Å²) in [6.45, 7) is 1.55. The molecular formula is C38H32N4O8. The third-order valence-electron chi connectivity index (χ3n) is 10.8. The number of nitro benzene ring substituents is 1. The predicted molar refractivity (Wildman–Crippen MR) is 179 cm³/mol. The van der Waals surface area contributed by atoms with Crippen LogP contribution in [0.25, 0.3) is 0 Å². The van der Waals surface area contributed by atoms with Crippen LogP contribution in [-0.4, -0.2) is 38.7 Å². The first-order chi connectivity index (χ1) is 24.1. The Morgan fingerprint density at radius 1 is 0.900 bits per heavy atom. The van der Waals surface area contributed by atoms with Crippen LogP contribution in [0.4, 0.5) is 17.1 Å². The highest BCUT2D eigenvalue weighted by Gasteiger charge is 2.71. The first-order valence-electron chi connectivity index (χ1n) is 16.4. The Hall–Kier alpha value is -5.88. The first kappa shape index (κ1) is 31.4. The van der Waals surface area contributed by atoms with E-state index in [1.807, 2.05) is 55.5 Å². The molecule has 3 heterocycles. The Morgan fingerprint density at radius 2 is 1.62 bits per heavy atom. The van der Waals surface area contributed by atoms with E-state index in [-0.39, 0.29) is 36.6 Å². The maximum absolute atomic E-state index is 15.1. The van der Waals surface area contributed by atoms with E-state index in [2.05, 4.69) is 5.43 Å². The van der Waals surface area contributed by atoms with Gasteiger partial charge in [-0.3, -0.25) is 39.6 Å². The number of amides is 4. The highest BCUT2D eigenvalue weighted by molar-refractivity contribution is 6.22. The molecule has 1 saturated carbocycles. The van der Waals surface area contributed by atoms with Crippen LogP contribution in [0, 0.1) is 40.7 Å². The van der Waals surface area contributed by atoms with Gasteiger partial charge in [0.2, 0.25) is 11.8 Å². The normalized spacial score (nSPS) is 27.2. The number of aryl methyl sites for hydroxylation is 1. The van der Waals surface area contributed by atoms with Crippen molar-refractivity contribution in [3.63, 3.8) is 0 Å². The van der Waals surface area contributed by atoms with E-state index in [4.69, 9.17) is 4.42 Å². The molecule has 2 aliphatic carbocycles. The minimum absolute atomic E-state index is 0.107. The number of aliphatic hydroxyl groups is 1. The Labute approximate surface area is 286 Å². The molecule has 12 heteroatoms. The molecule has 6 atom stereocenters. The van der Waals surface area contributed by atoms with Gasteiger partial charge in [-0.05, 0) is 67.6 Å². The van der Waals surface area contributed by atoms with Gasteiger partial charge in [-0.25, -0.2) is 0 Å². The molecule has 252 valence electrons. The molecule has 4 aromatic rings. The largest absolute Gasteiger partial charge is 0.463 e. The maximum Gasteiger partial charge on any atom is 0.269 e. The lowest BCUT2D eigenvalue weighted by molar-refractivity contribution is -0.384. The SMILES string of the molecule is Cc1ccc(NN2C(=O)C3CC4C(=CCC5C(=O)N(c6ccc([N+](=O)[O-])cc6)C(=O)C54)C(c4ccc(CO)o4)C3(c3ccccc3)C2=O)cc1. The van der Waals surface area contributed by atoms with Gasteiger partial charge in [-0.1, -0.05) is 59.7 Å². The van der Waals surface area contributed by atoms with Crippen molar-refractivity contribution < 1.29 is 33.6 Å². The summed E-state index contributed by atoms with van der Waals surface area (Å²) in [6, 6.07) is 25.0. The number of hydrazine groups is 1. The molecule has 3 fully saturated rings. The lowest BCUT2D eigenvalue weighted by atomic mass is 9.50. The van der Waals surface area contributed by atoms with Crippen LogP contribution >= 0.6 is 0 Å². The van der Waals surface area contributed by atoms with Crippen LogP contribution in [0.2, 0.25) is 0 Å². The molecule has 4 amide bonds. The Bertz CT molecular complexity index is 2090. The van der Waals surface area contributed by atoms with E-state index in [0.29, 0.717) is 17.0 Å². The third-order valence-corrected chi connectivity index (χ3v) is 10.8. The number of carbonyl (C=O) groups is 4. The topological polar surface area (TPSA) is 163 Å². The van der Waals surface area contributed by atoms with Crippen molar-refractivity contribution in [2.75, 3.05) is 10.3 Å². The lowest BCUT2D eigenvalue weighted by Gasteiger charge is -2.49. The van der Waals surface area contributed by atoms with E-state index in [1.165, 1.54) is 24.3 Å². The number of nitro groups is 1. The summed E-state index contributed by atoms with van der Waals surface area (Å²) >= 11 is 0. The number of non-ortho nitro benzene ring substituents is 1. The Balaban J connectivity index is 1.28. The maximum atomic E-state index is 15.1. The van der Waals surface area contributed by atoms with Crippen LogP contribution < -0.4 is 10.3 Å². The van der Waals surface area contributed by atoms with Crippen molar-refractivity contribution in [2.45, 2.75) is 37.7 Å². The molecule has 8 rings (SSSR count). The Kier molecular flexibility index (Phi) is 7.30. The van der Waals surface area contributed by atoms with E-state index >= 15 is 4.79 Å². The summed E-state index contributed by atoms with van der Waals surface area (Å²) in [5.41, 5.74) is 4.50. The number of nitrogens with one attached hydrogen (secondary N) is 1. The fourth-order valence-electron chi connectivity index (χ4n) is 8.67. The van der Waals surface area contributed by atoms with Gasteiger partial charge in [-0.2, -0.15) is 5.01 Å². The average Bonchev–Trinajstić information content (AvgIpc) is 3.77. The summed E-state index contributed by atoms with van der Waals surface area (Å²) in [6.07, 6.45) is 2.23. The fraction of sp³-hybridized carbons (Fsp3) is 0.263. The smallest absolute Gasteiger partial charge is 0.269 e. The zero-order chi connectivity index (χ0) is 34.9. The molecule has 3 aromatic carbocycles. The summed E-state index contributed by atoms with van der Waals surface area (Å²) in [4.78, 5) is 69.8. The number of fused-ring (bicyclic) bond motifs is 4. The molecule has 6 unspecified atom stereocenters. The molecule has 1 aromatic heterocycles. The van der Waals surface area contributed by atoms with Gasteiger partial charge < -0.3 is 9.52 Å². The number of aliphatic hydroxyl groups excluding tert-OH is 1. The van der Waals surface area contributed by atoms with Gasteiger partial charge in [0.1, 0.15) is 23.5 Å². The van der Waals surface area contributed by atoms with Gasteiger partial charge >= 0.3 is 0 Å². The molecule has 4 aliphatic rings. The molecule has 2 saturated heterocycles. The quantitative estimate of drug-likeness (QED) is 0.117. The van der Waals surface area contributed by atoms with Crippen molar-refractivity contribution >= 4 is 40.7 Å². The summed E-state index contributed by atoms with van der Waals surface area (Å²) in [5.74, 6) is -5.18. The van der Waals surface area contributed by atoms with Crippen LogP contribution in [0.5, 0.6) is 0 Å². The van der Waals surface area contributed by atoms with Crippen LogP contribution in [0.1, 0.15) is 41.4 Å². The molecule has 0 spiro atoms. The number of imide groups is 2. The van der Waals surface area contributed by atoms with Crippen molar-refractivity contribution in [2.24, 2.45) is 23.7 Å². The second-order valence-corrected chi connectivity index (χ2v) is 13.3. The van der Waals surface area contributed by atoms with E-state index in [1.54, 1.807) is 24.3 Å². The standard InChI is InChI=1S/C38H32N4O8/c1-21-7-9-23(10-8-21)39-41-35(45)30-19-29-27(16-17-28-32(29)36(46)40(34(28)44)24-11-13-25(14-12-24)42(48)49)33(31-18-15-26(20-43)50-31)38(30,37(41)47)22-5-3-2-4-6-22/h2-16,18,28-30,32-33,39,43H,17,19-20H2,1H3. The molecule has 2 aliphatic heterocycles. The zero-order valence-electron chi connectivity index (χ0n) is 26.9. The Morgan fingerprint density at radius 3 is 2.28 bits per heavy atom. The second-order valence-electron chi connectivity index (χ2n) is 13.3. The van der Waals surface area contributed by atoms with Crippen LogP contribution in [-0.2, 0) is 31.2 Å². The van der Waals surface area contributed by atoms with Gasteiger partial charge in [0.25, 0.3) is 17.5 Å². The molecule has 2 N–H and O–H groups in total. The summed E-state index contributed by atoms with van der Waals surface area (Å²) in [7, 11) is 0. The second kappa shape index (κ2) is 11.6. The van der Waals surface area contributed by atoms with E-state index < -0.39 is 63.6 Å². The van der Waals surface area contributed by atoms with Crippen LogP contribution in [0.3, 0.4) is 0 Å².